The number of hydrogen-bond donors (Lipinski definition) is 2. The van der Waals surface area contributed by atoms with Crippen LogP contribution in [0.1, 0.15) is 25.7 Å². The highest BCUT2D eigenvalue weighted by Gasteiger charge is 2.44. The Balaban J connectivity index is 1.57. The lowest BCUT2D eigenvalue weighted by molar-refractivity contribution is 0.440. The Morgan fingerprint density at radius 1 is 1.18 bits per heavy atom. The second-order valence-electron chi connectivity index (χ2n) is 5.62. The lowest BCUT2D eigenvalue weighted by Gasteiger charge is -2.23. The van der Waals surface area contributed by atoms with Crippen molar-refractivity contribution >= 4 is 16.6 Å². The molecule has 2 N–H and O–H groups in total. The highest BCUT2D eigenvalue weighted by atomic mass is 14.9. The number of H-pyrrole nitrogens is 1. The smallest absolute Gasteiger partial charge is 0.0455 e. The summed E-state index contributed by atoms with van der Waals surface area (Å²) in [6.07, 6.45) is 7.70. The summed E-state index contributed by atoms with van der Waals surface area (Å²) in [6, 6.07) is 9.50. The van der Waals surface area contributed by atoms with Crippen LogP contribution < -0.4 is 5.32 Å². The van der Waals surface area contributed by atoms with Gasteiger partial charge in [-0.3, -0.25) is 0 Å². The number of anilines is 1. The summed E-state index contributed by atoms with van der Waals surface area (Å²) in [5.41, 5.74) is 2.51. The Bertz CT molecular complexity index is 543. The first-order chi connectivity index (χ1) is 8.40. The van der Waals surface area contributed by atoms with Crippen molar-refractivity contribution in [1.29, 1.82) is 0 Å². The Morgan fingerprint density at radius 2 is 2.18 bits per heavy atom. The van der Waals surface area contributed by atoms with Gasteiger partial charge in [0.15, 0.2) is 0 Å². The van der Waals surface area contributed by atoms with Crippen molar-refractivity contribution in [2.45, 2.75) is 31.7 Å². The van der Waals surface area contributed by atoms with Crippen LogP contribution in [0.3, 0.4) is 0 Å². The molecule has 0 radical (unpaired) electrons. The van der Waals surface area contributed by atoms with Crippen molar-refractivity contribution in [2.24, 2.45) is 11.8 Å². The van der Waals surface area contributed by atoms with Crippen LogP contribution in [-0.2, 0) is 0 Å². The molecule has 1 aromatic carbocycles. The van der Waals surface area contributed by atoms with Crippen molar-refractivity contribution < 1.29 is 0 Å². The molecule has 2 aliphatic rings. The Morgan fingerprint density at radius 3 is 3.18 bits per heavy atom. The minimum atomic E-state index is 0.727. The van der Waals surface area contributed by atoms with Crippen LogP contribution in [0.5, 0.6) is 0 Å². The third-order valence-corrected chi connectivity index (χ3v) is 4.49. The standard InChI is InChI=1S/C15H18N2/c1-2-10-9-13(10)15(3-1)17-12-4-5-14-11(8-12)6-7-16-14/h4-8,10,13,15-17H,1-3,9H2. The molecule has 3 atom stereocenters. The van der Waals surface area contributed by atoms with E-state index in [4.69, 9.17) is 0 Å². The highest BCUT2D eigenvalue weighted by Crippen LogP contribution is 2.50. The zero-order chi connectivity index (χ0) is 11.2. The fraction of sp³-hybridized carbons (Fsp3) is 0.467. The average molecular weight is 226 g/mol. The molecule has 0 bridgehead atoms. The minimum absolute atomic E-state index is 0.727. The van der Waals surface area contributed by atoms with Crippen LogP contribution in [0.25, 0.3) is 10.9 Å². The molecule has 0 spiro atoms. The van der Waals surface area contributed by atoms with Gasteiger partial charge in [-0.15, -0.1) is 0 Å². The molecule has 88 valence electrons. The summed E-state index contributed by atoms with van der Waals surface area (Å²) in [5.74, 6) is 2.00. The zero-order valence-electron chi connectivity index (χ0n) is 9.95. The minimum Gasteiger partial charge on any atom is -0.382 e. The Kier molecular flexibility index (Phi) is 1.99. The summed E-state index contributed by atoms with van der Waals surface area (Å²) in [5, 5.41) is 5.04. The van der Waals surface area contributed by atoms with Gasteiger partial charge < -0.3 is 10.3 Å². The van der Waals surface area contributed by atoms with Crippen molar-refractivity contribution in [2.75, 3.05) is 5.32 Å². The zero-order valence-corrected chi connectivity index (χ0v) is 9.95. The Labute approximate surface area is 101 Å². The number of aromatic amines is 1. The molecule has 0 amide bonds. The quantitative estimate of drug-likeness (QED) is 0.801. The molecule has 2 aliphatic carbocycles. The fourth-order valence-electron chi connectivity index (χ4n) is 3.45. The predicted octanol–water partition coefficient (Wildman–Crippen LogP) is 3.77. The van der Waals surface area contributed by atoms with Gasteiger partial charge in [0.25, 0.3) is 0 Å². The number of benzene rings is 1. The molecule has 3 unspecified atom stereocenters. The van der Waals surface area contributed by atoms with E-state index >= 15 is 0 Å². The second-order valence-corrected chi connectivity index (χ2v) is 5.62. The molecule has 2 aromatic rings. The van der Waals surface area contributed by atoms with Gasteiger partial charge in [0, 0.05) is 28.8 Å². The SMILES string of the molecule is c1cc2cc(NC3CCCC4CC43)ccc2[nH]1. The van der Waals surface area contributed by atoms with Crippen LogP contribution in [-0.4, -0.2) is 11.0 Å². The van der Waals surface area contributed by atoms with E-state index in [0.717, 1.165) is 17.9 Å². The second kappa shape index (κ2) is 3.52. The van der Waals surface area contributed by atoms with Crippen molar-refractivity contribution in [3.63, 3.8) is 0 Å². The lowest BCUT2D eigenvalue weighted by atomic mass is 9.95. The number of nitrogens with one attached hydrogen (secondary N) is 2. The van der Waals surface area contributed by atoms with E-state index in [0.29, 0.717) is 0 Å². The summed E-state index contributed by atoms with van der Waals surface area (Å²) < 4.78 is 0. The monoisotopic (exact) mass is 226 g/mol. The maximum absolute atomic E-state index is 3.74. The van der Waals surface area contributed by atoms with Crippen molar-refractivity contribution in [1.82, 2.24) is 4.98 Å². The van der Waals surface area contributed by atoms with Crippen molar-refractivity contribution in [3.8, 4) is 0 Å². The van der Waals surface area contributed by atoms with E-state index in [-0.39, 0.29) is 0 Å². The molecule has 0 saturated heterocycles. The topological polar surface area (TPSA) is 27.8 Å². The molecule has 2 nitrogen and oxygen atoms in total. The molecular formula is C15H18N2. The molecule has 17 heavy (non-hydrogen) atoms. The van der Waals surface area contributed by atoms with E-state index in [1.165, 1.54) is 42.3 Å². The van der Waals surface area contributed by atoms with Gasteiger partial charge in [0.2, 0.25) is 0 Å². The molecule has 2 saturated carbocycles. The van der Waals surface area contributed by atoms with E-state index < -0.39 is 0 Å². The predicted molar refractivity (Wildman–Crippen MR) is 71.2 cm³/mol. The van der Waals surface area contributed by atoms with E-state index in [1.54, 1.807) is 0 Å². The number of fused-ring (bicyclic) bond motifs is 2. The molecule has 1 heterocycles. The first-order valence-electron chi connectivity index (χ1n) is 6.74. The van der Waals surface area contributed by atoms with Gasteiger partial charge in [0.05, 0.1) is 0 Å². The summed E-state index contributed by atoms with van der Waals surface area (Å²) >= 11 is 0. The highest BCUT2D eigenvalue weighted by molar-refractivity contribution is 5.83. The van der Waals surface area contributed by atoms with E-state index in [9.17, 15) is 0 Å². The number of hydrogen-bond acceptors (Lipinski definition) is 1. The largest absolute Gasteiger partial charge is 0.382 e. The Hall–Kier alpha value is -1.44. The third-order valence-electron chi connectivity index (χ3n) is 4.49. The summed E-state index contributed by atoms with van der Waals surface area (Å²) in [7, 11) is 0. The van der Waals surface area contributed by atoms with Gasteiger partial charge in [-0.05, 0) is 48.9 Å². The lowest BCUT2D eigenvalue weighted by Crippen LogP contribution is -2.25. The normalized spacial score (nSPS) is 31.2. The van der Waals surface area contributed by atoms with E-state index in [2.05, 4.69) is 34.6 Å². The van der Waals surface area contributed by atoms with Crippen LogP contribution in [0.2, 0.25) is 0 Å². The molecular weight excluding hydrogens is 208 g/mol. The maximum Gasteiger partial charge on any atom is 0.0455 e. The fourth-order valence-corrected chi connectivity index (χ4v) is 3.45. The van der Waals surface area contributed by atoms with Gasteiger partial charge in [-0.25, -0.2) is 0 Å². The van der Waals surface area contributed by atoms with Crippen LogP contribution >= 0.6 is 0 Å². The number of aromatic nitrogens is 1. The average Bonchev–Trinajstić information content (AvgIpc) is 3.00. The molecule has 1 aromatic heterocycles. The summed E-state index contributed by atoms with van der Waals surface area (Å²) in [4.78, 5) is 3.24. The van der Waals surface area contributed by atoms with Crippen LogP contribution in [0.15, 0.2) is 30.5 Å². The van der Waals surface area contributed by atoms with Gasteiger partial charge in [-0.2, -0.15) is 0 Å². The van der Waals surface area contributed by atoms with Crippen LogP contribution in [0.4, 0.5) is 5.69 Å². The molecule has 0 aliphatic heterocycles. The van der Waals surface area contributed by atoms with E-state index in [1.807, 2.05) is 6.20 Å². The first kappa shape index (κ1) is 9.58. The molecule has 2 heteroatoms. The van der Waals surface area contributed by atoms with Gasteiger partial charge >= 0.3 is 0 Å². The molecule has 4 rings (SSSR count). The first-order valence-corrected chi connectivity index (χ1v) is 6.74. The third kappa shape index (κ3) is 1.63. The van der Waals surface area contributed by atoms with Crippen molar-refractivity contribution in [3.05, 3.63) is 30.5 Å². The summed E-state index contributed by atoms with van der Waals surface area (Å²) in [6.45, 7) is 0. The number of rotatable bonds is 2. The van der Waals surface area contributed by atoms with Crippen LogP contribution in [0, 0.1) is 11.8 Å². The van der Waals surface area contributed by atoms with Gasteiger partial charge in [0.1, 0.15) is 0 Å². The maximum atomic E-state index is 3.74. The molecule has 2 fully saturated rings. The van der Waals surface area contributed by atoms with Gasteiger partial charge in [-0.1, -0.05) is 12.8 Å².